The number of aliphatic hydroxyl groups is 1. The smallest absolute Gasteiger partial charge is 0.292 e. The maximum atomic E-state index is 10.9. The third-order valence-corrected chi connectivity index (χ3v) is 2.53. The van der Waals surface area contributed by atoms with Gasteiger partial charge in [0.15, 0.2) is 0 Å². The Hall–Kier alpha value is -2.13. The molecular formula is C12H15N3O3. The van der Waals surface area contributed by atoms with Crippen molar-refractivity contribution in [2.75, 3.05) is 11.9 Å². The Morgan fingerprint density at radius 3 is 2.72 bits per heavy atom. The summed E-state index contributed by atoms with van der Waals surface area (Å²) in [5, 5.41) is 31.6. The zero-order valence-electron chi connectivity index (χ0n) is 10.3. The quantitative estimate of drug-likeness (QED) is 0.614. The average molecular weight is 249 g/mol. The van der Waals surface area contributed by atoms with Crippen molar-refractivity contribution in [1.29, 1.82) is 5.26 Å². The summed E-state index contributed by atoms with van der Waals surface area (Å²) in [6.07, 6.45) is 0.445. The van der Waals surface area contributed by atoms with Crippen LogP contribution >= 0.6 is 0 Å². The number of nitro benzene ring substituents is 1. The van der Waals surface area contributed by atoms with Crippen LogP contribution in [0.2, 0.25) is 0 Å². The molecule has 0 amide bonds. The van der Waals surface area contributed by atoms with Crippen molar-refractivity contribution in [3.63, 3.8) is 0 Å². The molecule has 0 saturated heterocycles. The van der Waals surface area contributed by atoms with Gasteiger partial charge in [0.05, 0.1) is 16.6 Å². The first kappa shape index (κ1) is 13.9. The van der Waals surface area contributed by atoms with Crippen molar-refractivity contribution >= 4 is 11.4 Å². The Kier molecular flexibility index (Phi) is 4.23. The molecular weight excluding hydrogens is 234 g/mol. The Bertz CT molecular complexity index is 492. The molecule has 0 atom stereocenters. The summed E-state index contributed by atoms with van der Waals surface area (Å²) in [7, 11) is 0. The van der Waals surface area contributed by atoms with Gasteiger partial charge in [0.25, 0.3) is 5.69 Å². The standard InChI is InChI=1S/C12H15N3O3/c1-12(2,5-6-16)14-10-7-9(8-13)3-4-11(10)15(17)18/h3-4,7,14,16H,5-6H2,1-2H3. The second-order valence-electron chi connectivity index (χ2n) is 4.58. The van der Waals surface area contributed by atoms with E-state index >= 15 is 0 Å². The van der Waals surface area contributed by atoms with Gasteiger partial charge in [0.1, 0.15) is 5.69 Å². The van der Waals surface area contributed by atoms with Gasteiger partial charge in [0.2, 0.25) is 0 Å². The largest absolute Gasteiger partial charge is 0.396 e. The molecule has 0 aliphatic carbocycles. The number of rotatable bonds is 5. The Balaban J connectivity index is 3.13. The van der Waals surface area contributed by atoms with E-state index in [2.05, 4.69) is 5.32 Å². The van der Waals surface area contributed by atoms with E-state index in [0.29, 0.717) is 12.0 Å². The highest BCUT2D eigenvalue weighted by Gasteiger charge is 2.22. The second kappa shape index (κ2) is 5.47. The minimum absolute atomic E-state index is 0.0221. The predicted molar refractivity (Wildman–Crippen MR) is 67.2 cm³/mol. The van der Waals surface area contributed by atoms with Gasteiger partial charge in [0, 0.05) is 18.2 Å². The molecule has 0 saturated carbocycles. The first-order valence-electron chi connectivity index (χ1n) is 5.47. The molecule has 18 heavy (non-hydrogen) atoms. The van der Waals surface area contributed by atoms with E-state index in [9.17, 15) is 10.1 Å². The minimum atomic E-state index is -0.501. The normalized spacial score (nSPS) is 10.8. The summed E-state index contributed by atoms with van der Waals surface area (Å²) in [5.74, 6) is 0. The summed E-state index contributed by atoms with van der Waals surface area (Å²) in [6, 6.07) is 6.09. The monoisotopic (exact) mass is 249 g/mol. The zero-order chi connectivity index (χ0) is 13.8. The van der Waals surface area contributed by atoms with Gasteiger partial charge in [-0.05, 0) is 32.4 Å². The van der Waals surface area contributed by atoms with Gasteiger partial charge < -0.3 is 10.4 Å². The summed E-state index contributed by atoms with van der Waals surface area (Å²) in [5.41, 5.74) is 0.0635. The van der Waals surface area contributed by atoms with Crippen LogP contribution in [-0.4, -0.2) is 22.2 Å². The van der Waals surface area contributed by atoms with Gasteiger partial charge in [-0.25, -0.2) is 0 Å². The van der Waals surface area contributed by atoms with Crippen LogP contribution in [0.1, 0.15) is 25.8 Å². The van der Waals surface area contributed by atoms with Crippen LogP contribution in [0, 0.1) is 21.4 Å². The zero-order valence-corrected chi connectivity index (χ0v) is 10.3. The van der Waals surface area contributed by atoms with Crippen LogP contribution in [0.15, 0.2) is 18.2 Å². The predicted octanol–water partition coefficient (Wildman–Crippen LogP) is 2.04. The fourth-order valence-corrected chi connectivity index (χ4v) is 1.57. The highest BCUT2D eigenvalue weighted by atomic mass is 16.6. The lowest BCUT2D eigenvalue weighted by atomic mass is 10.00. The molecule has 0 heterocycles. The lowest BCUT2D eigenvalue weighted by molar-refractivity contribution is -0.384. The number of benzene rings is 1. The van der Waals surface area contributed by atoms with Crippen molar-refractivity contribution in [2.45, 2.75) is 25.8 Å². The number of hydrogen-bond donors (Lipinski definition) is 2. The van der Waals surface area contributed by atoms with Crippen molar-refractivity contribution < 1.29 is 10.0 Å². The summed E-state index contributed by atoms with van der Waals surface area (Å²) < 4.78 is 0. The van der Waals surface area contributed by atoms with E-state index in [4.69, 9.17) is 10.4 Å². The van der Waals surface area contributed by atoms with Crippen molar-refractivity contribution in [2.24, 2.45) is 0 Å². The minimum Gasteiger partial charge on any atom is -0.396 e. The van der Waals surface area contributed by atoms with Crippen LogP contribution in [0.3, 0.4) is 0 Å². The third-order valence-electron chi connectivity index (χ3n) is 2.53. The lowest BCUT2D eigenvalue weighted by Gasteiger charge is -2.26. The van der Waals surface area contributed by atoms with Crippen LogP contribution in [0.25, 0.3) is 0 Å². The molecule has 1 aromatic carbocycles. The molecule has 0 radical (unpaired) electrons. The molecule has 0 aromatic heterocycles. The second-order valence-corrected chi connectivity index (χ2v) is 4.58. The number of aliphatic hydroxyl groups excluding tert-OH is 1. The maximum Gasteiger partial charge on any atom is 0.292 e. The molecule has 96 valence electrons. The van der Waals surface area contributed by atoms with E-state index in [1.807, 2.05) is 19.9 Å². The van der Waals surface area contributed by atoms with Crippen molar-refractivity contribution in [1.82, 2.24) is 0 Å². The van der Waals surface area contributed by atoms with Gasteiger partial charge >= 0.3 is 0 Å². The highest BCUT2D eigenvalue weighted by molar-refractivity contribution is 5.65. The van der Waals surface area contributed by atoms with Gasteiger partial charge in [-0.15, -0.1) is 0 Å². The van der Waals surface area contributed by atoms with Crippen LogP contribution in [0.5, 0.6) is 0 Å². The highest BCUT2D eigenvalue weighted by Crippen LogP contribution is 2.28. The van der Waals surface area contributed by atoms with Crippen LogP contribution < -0.4 is 5.32 Å². The molecule has 0 spiro atoms. The van der Waals surface area contributed by atoms with E-state index in [-0.39, 0.29) is 18.0 Å². The first-order chi connectivity index (χ1) is 8.39. The molecule has 0 unspecified atom stereocenters. The molecule has 6 heteroatoms. The van der Waals surface area contributed by atoms with Crippen molar-refractivity contribution in [3.05, 3.63) is 33.9 Å². The molecule has 0 fully saturated rings. The van der Waals surface area contributed by atoms with E-state index in [0.717, 1.165) is 0 Å². The van der Waals surface area contributed by atoms with Crippen LogP contribution in [-0.2, 0) is 0 Å². The average Bonchev–Trinajstić information content (AvgIpc) is 2.27. The number of anilines is 1. The Labute approximate surface area is 105 Å². The maximum absolute atomic E-state index is 10.9. The number of nitro groups is 1. The number of nitriles is 1. The number of hydrogen-bond acceptors (Lipinski definition) is 5. The first-order valence-corrected chi connectivity index (χ1v) is 5.47. The fraction of sp³-hybridized carbons (Fsp3) is 0.417. The molecule has 0 bridgehead atoms. The van der Waals surface area contributed by atoms with Crippen LogP contribution in [0.4, 0.5) is 11.4 Å². The summed E-state index contributed by atoms with van der Waals surface area (Å²) in [6.45, 7) is 3.63. The van der Waals surface area contributed by atoms with Crippen molar-refractivity contribution in [3.8, 4) is 6.07 Å². The number of nitrogens with one attached hydrogen (secondary N) is 1. The van der Waals surface area contributed by atoms with E-state index in [1.165, 1.54) is 18.2 Å². The molecule has 2 N–H and O–H groups in total. The van der Waals surface area contributed by atoms with Gasteiger partial charge in [-0.2, -0.15) is 5.26 Å². The fourth-order valence-electron chi connectivity index (χ4n) is 1.57. The molecule has 1 rings (SSSR count). The lowest BCUT2D eigenvalue weighted by Crippen LogP contribution is -2.32. The van der Waals surface area contributed by atoms with E-state index in [1.54, 1.807) is 0 Å². The Morgan fingerprint density at radius 2 is 2.22 bits per heavy atom. The number of nitrogens with zero attached hydrogens (tertiary/aromatic N) is 2. The molecule has 1 aromatic rings. The van der Waals surface area contributed by atoms with Gasteiger partial charge in [-0.1, -0.05) is 0 Å². The van der Waals surface area contributed by atoms with Gasteiger partial charge in [-0.3, -0.25) is 10.1 Å². The molecule has 0 aliphatic heterocycles. The Morgan fingerprint density at radius 1 is 1.56 bits per heavy atom. The molecule has 6 nitrogen and oxygen atoms in total. The topological polar surface area (TPSA) is 99.2 Å². The summed E-state index contributed by atoms with van der Waals surface area (Å²) >= 11 is 0. The van der Waals surface area contributed by atoms with E-state index < -0.39 is 10.5 Å². The summed E-state index contributed by atoms with van der Waals surface area (Å²) in [4.78, 5) is 10.4. The molecule has 0 aliphatic rings. The third kappa shape index (κ3) is 3.43. The SMILES string of the molecule is CC(C)(CCO)Nc1cc(C#N)ccc1[N+](=O)[O-].